The van der Waals surface area contributed by atoms with Crippen LogP contribution in [0.1, 0.15) is 38.2 Å². The van der Waals surface area contributed by atoms with Gasteiger partial charge in [0.15, 0.2) is 11.5 Å². The molecule has 1 aliphatic rings. The van der Waals surface area contributed by atoms with Gasteiger partial charge in [0.2, 0.25) is 17.7 Å². The molecule has 1 aromatic rings. The number of nitrogens with one attached hydrogen (secondary N) is 1. The van der Waals surface area contributed by atoms with Crippen molar-refractivity contribution in [1.29, 1.82) is 5.26 Å². The minimum absolute atomic E-state index is 0.116. The number of aromatic hydroxyl groups is 2. The van der Waals surface area contributed by atoms with Crippen molar-refractivity contribution in [3.05, 3.63) is 23.8 Å². The van der Waals surface area contributed by atoms with Crippen molar-refractivity contribution in [3.63, 3.8) is 0 Å². The number of likely N-dealkylation sites (N-methyl/N-ethyl adjacent to an activating group) is 1. The van der Waals surface area contributed by atoms with Gasteiger partial charge in [0.25, 0.3) is 0 Å². The maximum atomic E-state index is 13.0. The molecule has 0 radical (unpaired) electrons. The van der Waals surface area contributed by atoms with Gasteiger partial charge in [-0.25, -0.2) is 0 Å². The van der Waals surface area contributed by atoms with Crippen LogP contribution in [0, 0.1) is 11.3 Å². The van der Waals surface area contributed by atoms with Crippen molar-refractivity contribution in [1.82, 2.24) is 15.1 Å². The molecule has 0 aliphatic carbocycles. The number of carbonyl (C=O) groups excluding carboxylic acids is 3. The summed E-state index contributed by atoms with van der Waals surface area (Å²) in [5, 5.41) is 40.3. The van der Waals surface area contributed by atoms with Gasteiger partial charge >= 0.3 is 0 Å². The summed E-state index contributed by atoms with van der Waals surface area (Å²) in [6.07, 6.45) is 0.664. The lowest BCUT2D eigenvalue weighted by atomic mass is 9.99. The van der Waals surface area contributed by atoms with E-state index in [0.717, 1.165) is 12.8 Å². The van der Waals surface area contributed by atoms with Gasteiger partial charge in [0.05, 0.1) is 12.5 Å². The molecular formula is C22H30N4O6. The van der Waals surface area contributed by atoms with Crippen molar-refractivity contribution < 1.29 is 29.7 Å². The van der Waals surface area contributed by atoms with Crippen LogP contribution in [-0.4, -0.2) is 81.2 Å². The van der Waals surface area contributed by atoms with E-state index in [-0.39, 0.29) is 36.8 Å². The number of rotatable bonds is 8. The number of phenolic OH excluding ortho intramolecular Hbond substituents is 2. The van der Waals surface area contributed by atoms with E-state index in [1.807, 2.05) is 6.07 Å². The fourth-order valence-corrected chi connectivity index (χ4v) is 3.67. The van der Waals surface area contributed by atoms with Crippen LogP contribution in [0.2, 0.25) is 0 Å². The molecule has 0 aromatic heterocycles. The SMILES string of the molecule is CC(NC(=O)C(O)Cc1ccc(O)c(O)c1)C(=O)N1CCCCC1C(=O)N(C)CCC#N. The molecule has 1 aliphatic heterocycles. The maximum Gasteiger partial charge on any atom is 0.249 e. The Morgan fingerprint density at radius 1 is 1.28 bits per heavy atom. The van der Waals surface area contributed by atoms with Crippen LogP contribution >= 0.6 is 0 Å². The molecular weight excluding hydrogens is 416 g/mol. The van der Waals surface area contributed by atoms with E-state index in [4.69, 9.17) is 5.26 Å². The predicted molar refractivity (Wildman–Crippen MR) is 114 cm³/mol. The van der Waals surface area contributed by atoms with Crippen LogP contribution in [-0.2, 0) is 20.8 Å². The van der Waals surface area contributed by atoms with Crippen molar-refractivity contribution in [2.45, 2.75) is 57.2 Å². The monoisotopic (exact) mass is 446 g/mol. The van der Waals surface area contributed by atoms with Crippen LogP contribution < -0.4 is 5.32 Å². The molecule has 0 saturated carbocycles. The average Bonchev–Trinajstić information content (AvgIpc) is 2.78. The van der Waals surface area contributed by atoms with E-state index >= 15 is 0 Å². The van der Waals surface area contributed by atoms with E-state index in [1.165, 1.54) is 34.9 Å². The summed E-state index contributed by atoms with van der Waals surface area (Å²) in [6.45, 7) is 2.16. The zero-order valence-electron chi connectivity index (χ0n) is 18.3. The fraction of sp³-hybridized carbons (Fsp3) is 0.545. The van der Waals surface area contributed by atoms with Gasteiger partial charge in [0.1, 0.15) is 18.2 Å². The number of piperidine rings is 1. The van der Waals surface area contributed by atoms with Crippen LogP contribution in [0.15, 0.2) is 18.2 Å². The lowest BCUT2D eigenvalue weighted by Gasteiger charge is -2.38. The van der Waals surface area contributed by atoms with Gasteiger partial charge < -0.3 is 30.4 Å². The highest BCUT2D eigenvalue weighted by Crippen LogP contribution is 2.25. The number of hydrogen-bond acceptors (Lipinski definition) is 7. The maximum absolute atomic E-state index is 13.0. The Hall–Kier alpha value is -3.32. The lowest BCUT2D eigenvalue weighted by molar-refractivity contribution is -0.149. The molecule has 10 nitrogen and oxygen atoms in total. The molecule has 1 fully saturated rings. The third-order valence-corrected chi connectivity index (χ3v) is 5.51. The normalized spacial score (nSPS) is 17.7. The van der Waals surface area contributed by atoms with E-state index in [0.29, 0.717) is 18.5 Å². The summed E-state index contributed by atoms with van der Waals surface area (Å²) in [7, 11) is 1.60. The number of phenols is 2. The number of nitriles is 1. The molecule has 1 saturated heterocycles. The molecule has 4 N–H and O–H groups in total. The summed E-state index contributed by atoms with van der Waals surface area (Å²) in [5.41, 5.74) is 0.434. The molecule has 10 heteroatoms. The Morgan fingerprint density at radius 2 is 2.00 bits per heavy atom. The zero-order valence-corrected chi connectivity index (χ0v) is 18.3. The van der Waals surface area contributed by atoms with Crippen LogP contribution in [0.5, 0.6) is 11.5 Å². The first-order chi connectivity index (χ1) is 15.1. The molecule has 3 atom stereocenters. The minimum atomic E-state index is -1.47. The molecule has 0 bridgehead atoms. The lowest BCUT2D eigenvalue weighted by Crippen LogP contribution is -2.57. The molecule has 3 unspecified atom stereocenters. The van der Waals surface area contributed by atoms with Crippen molar-refractivity contribution in [2.24, 2.45) is 0 Å². The average molecular weight is 447 g/mol. The molecule has 0 spiro atoms. The third kappa shape index (κ3) is 6.34. The Bertz CT molecular complexity index is 884. The van der Waals surface area contributed by atoms with Gasteiger partial charge in [0, 0.05) is 26.6 Å². The van der Waals surface area contributed by atoms with E-state index in [1.54, 1.807) is 7.05 Å². The van der Waals surface area contributed by atoms with Crippen LogP contribution in [0.25, 0.3) is 0 Å². The molecule has 2 rings (SSSR count). The zero-order chi connectivity index (χ0) is 23.8. The van der Waals surface area contributed by atoms with Crippen molar-refractivity contribution >= 4 is 17.7 Å². The van der Waals surface area contributed by atoms with Gasteiger partial charge in [-0.05, 0) is 43.9 Å². The van der Waals surface area contributed by atoms with E-state index in [9.17, 15) is 29.7 Å². The summed E-state index contributed by atoms with van der Waals surface area (Å²) in [4.78, 5) is 41.1. The third-order valence-electron chi connectivity index (χ3n) is 5.51. The fourth-order valence-electron chi connectivity index (χ4n) is 3.67. The molecule has 1 aromatic carbocycles. The number of nitrogens with zero attached hydrogens (tertiary/aromatic N) is 3. The summed E-state index contributed by atoms with van der Waals surface area (Å²) >= 11 is 0. The predicted octanol–water partition coefficient (Wildman–Crippen LogP) is 0.259. The number of aliphatic hydroxyl groups is 1. The quantitative estimate of drug-likeness (QED) is 0.418. The molecule has 174 valence electrons. The molecule has 32 heavy (non-hydrogen) atoms. The Labute approximate surface area is 187 Å². The highest BCUT2D eigenvalue weighted by atomic mass is 16.3. The van der Waals surface area contributed by atoms with E-state index < -0.39 is 30.0 Å². The Balaban J connectivity index is 1.99. The smallest absolute Gasteiger partial charge is 0.249 e. The molecule has 3 amide bonds. The van der Waals surface area contributed by atoms with Gasteiger partial charge in [-0.1, -0.05) is 6.07 Å². The Kier molecular flexibility index (Phi) is 8.84. The highest BCUT2D eigenvalue weighted by Gasteiger charge is 2.36. The topological polar surface area (TPSA) is 154 Å². The summed E-state index contributed by atoms with van der Waals surface area (Å²) < 4.78 is 0. The highest BCUT2D eigenvalue weighted by molar-refractivity contribution is 5.92. The molecule has 1 heterocycles. The number of hydrogen-bond donors (Lipinski definition) is 4. The van der Waals surface area contributed by atoms with Gasteiger partial charge in [-0.15, -0.1) is 0 Å². The number of benzene rings is 1. The largest absolute Gasteiger partial charge is 0.504 e. The summed E-state index contributed by atoms with van der Waals surface area (Å²) in [6, 6.07) is 4.35. The second kappa shape index (κ2) is 11.3. The Morgan fingerprint density at radius 3 is 2.66 bits per heavy atom. The number of amides is 3. The van der Waals surface area contributed by atoms with Crippen LogP contribution in [0.3, 0.4) is 0 Å². The van der Waals surface area contributed by atoms with Crippen molar-refractivity contribution in [3.8, 4) is 17.6 Å². The summed E-state index contributed by atoms with van der Waals surface area (Å²) in [5.74, 6) is -2.09. The number of aliphatic hydroxyl groups excluding tert-OH is 1. The first kappa shape index (κ1) is 24.9. The minimum Gasteiger partial charge on any atom is -0.504 e. The van der Waals surface area contributed by atoms with Crippen molar-refractivity contribution in [2.75, 3.05) is 20.1 Å². The second-order valence-corrected chi connectivity index (χ2v) is 7.98. The van der Waals surface area contributed by atoms with Gasteiger partial charge in [-0.2, -0.15) is 5.26 Å². The standard InChI is InChI=1S/C22H30N4O6/c1-14(24-20(30)19(29)13-15-7-8-17(27)18(28)12-15)21(31)26-11-4-3-6-16(26)22(32)25(2)10-5-9-23/h7-8,12,14,16,19,27-29H,3-6,10-11,13H2,1-2H3,(H,24,30). The second-order valence-electron chi connectivity index (χ2n) is 7.98. The van der Waals surface area contributed by atoms with Gasteiger partial charge in [-0.3, -0.25) is 14.4 Å². The van der Waals surface area contributed by atoms with E-state index in [2.05, 4.69) is 5.32 Å². The number of likely N-dealkylation sites (tertiary alicyclic amines) is 1. The first-order valence-electron chi connectivity index (χ1n) is 10.6. The number of carbonyl (C=O) groups is 3. The first-order valence-corrected chi connectivity index (χ1v) is 10.6. The van der Waals surface area contributed by atoms with Crippen LogP contribution in [0.4, 0.5) is 0 Å².